The summed E-state index contributed by atoms with van der Waals surface area (Å²) >= 11 is 11.9. The Balaban J connectivity index is 1.56. The fourth-order valence-electron chi connectivity index (χ4n) is 3.95. The van der Waals surface area contributed by atoms with Gasteiger partial charge >= 0.3 is 0 Å². The number of ether oxygens (including phenoxy) is 1. The summed E-state index contributed by atoms with van der Waals surface area (Å²) in [6.45, 7) is 7.37. The van der Waals surface area contributed by atoms with E-state index in [2.05, 4.69) is 34.3 Å². The Kier molecular flexibility index (Phi) is 7.98. The number of nitrogens with one attached hydrogen (secondary N) is 2. The quantitative estimate of drug-likeness (QED) is 0.488. The van der Waals surface area contributed by atoms with Gasteiger partial charge in [-0.25, -0.2) is 0 Å². The van der Waals surface area contributed by atoms with Crippen molar-refractivity contribution in [2.24, 2.45) is 0 Å². The number of hydrogen-bond donors (Lipinski definition) is 2. The number of hydrogen-bond acceptors (Lipinski definition) is 4. The number of halogens is 1. The molecule has 0 amide bonds. The van der Waals surface area contributed by atoms with E-state index >= 15 is 0 Å². The summed E-state index contributed by atoms with van der Waals surface area (Å²) in [5, 5.41) is 5.52. The van der Waals surface area contributed by atoms with Crippen molar-refractivity contribution in [1.82, 2.24) is 14.8 Å². The van der Waals surface area contributed by atoms with Gasteiger partial charge in [-0.15, -0.1) is 0 Å². The summed E-state index contributed by atoms with van der Waals surface area (Å²) in [7, 11) is 0. The fourth-order valence-corrected chi connectivity index (χ4v) is 4.42. The number of morpholine rings is 1. The van der Waals surface area contributed by atoms with E-state index in [0.29, 0.717) is 28.8 Å². The Morgan fingerprint density at radius 1 is 1.21 bits per heavy atom. The lowest BCUT2D eigenvalue weighted by molar-refractivity contribution is 0.0358. The van der Waals surface area contributed by atoms with Crippen LogP contribution in [0.5, 0.6) is 0 Å². The van der Waals surface area contributed by atoms with Gasteiger partial charge in [-0.05, 0) is 66.0 Å². The highest BCUT2D eigenvalue weighted by Crippen LogP contribution is 2.18. The molecule has 2 aromatic carbocycles. The van der Waals surface area contributed by atoms with E-state index in [4.69, 9.17) is 28.6 Å². The van der Waals surface area contributed by atoms with Crippen molar-refractivity contribution in [3.63, 3.8) is 0 Å². The lowest BCUT2D eigenvalue weighted by Crippen LogP contribution is -2.44. The second-order valence-electron chi connectivity index (χ2n) is 8.21. The maximum atomic E-state index is 12.9. The van der Waals surface area contributed by atoms with Gasteiger partial charge in [0.05, 0.1) is 19.8 Å². The van der Waals surface area contributed by atoms with Gasteiger partial charge in [0.2, 0.25) is 0 Å². The first kappa shape index (κ1) is 23.7. The zero-order valence-corrected chi connectivity index (χ0v) is 20.3. The van der Waals surface area contributed by atoms with Crippen molar-refractivity contribution in [2.45, 2.75) is 19.9 Å². The monoisotopic (exact) mass is 484 g/mol. The van der Waals surface area contributed by atoms with Crippen LogP contribution in [0.2, 0.25) is 5.02 Å². The number of aromatic nitrogens is 1. The molecule has 1 saturated heterocycles. The topological polar surface area (TPSA) is 60.6 Å². The predicted octanol–water partition coefficient (Wildman–Crippen LogP) is 4.28. The number of rotatable bonds is 7. The maximum Gasteiger partial charge on any atom is 0.253 e. The molecule has 0 atom stereocenters. The maximum absolute atomic E-state index is 12.9. The van der Waals surface area contributed by atoms with Gasteiger partial charge in [0, 0.05) is 48.0 Å². The largest absolute Gasteiger partial charge is 0.379 e. The Bertz CT molecular complexity index is 1180. The summed E-state index contributed by atoms with van der Waals surface area (Å²) in [6.07, 6.45) is 0.948. The number of pyridine rings is 1. The minimum absolute atomic E-state index is 0.0892. The molecule has 0 unspecified atom stereocenters. The van der Waals surface area contributed by atoms with Crippen molar-refractivity contribution in [1.29, 1.82) is 0 Å². The van der Waals surface area contributed by atoms with E-state index in [0.717, 1.165) is 55.9 Å². The molecular formula is C25H29ClN4O2S. The molecule has 1 aromatic heterocycles. The average Bonchev–Trinajstić information content (AvgIpc) is 2.82. The fraction of sp³-hybridized carbons (Fsp3) is 0.360. The zero-order valence-electron chi connectivity index (χ0n) is 18.8. The van der Waals surface area contributed by atoms with Gasteiger partial charge in [0.1, 0.15) is 0 Å². The molecule has 0 saturated carbocycles. The van der Waals surface area contributed by atoms with Crippen molar-refractivity contribution < 1.29 is 4.74 Å². The molecule has 8 heteroatoms. The van der Waals surface area contributed by atoms with E-state index in [9.17, 15) is 4.79 Å². The third-order valence-electron chi connectivity index (χ3n) is 5.91. The number of aromatic amines is 1. The summed E-state index contributed by atoms with van der Waals surface area (Å²) in [5.74, 6) is 0. The van der Waals surface area contributed by atoms with Gasteiger partial charge in [-0.2, -0.15) is 0 Å². The van der Waals surface area contributed by atoms with Gasteiger partial charge in [-0.1, -0.05) is 30.7 Å². The van der Waals surface area contributed by atoms with Crippen LogP contribution in [0.1, 0.15) is 18.1 Å². The standard InChI is InChI=1S/C25H29ClN4O2S/c1-2-18-6-7-23-19(14-18)15-20(24(31)28-23)17-30(9-8-29-10-12-32-13-11-29)25(33)27-22-5-3-4-21(26)16-22/h3-7,14-16H,2,8-13,17H2,1H3,(H,27,33)(H,28,31). The van der Waals surface area contributed by atoms with Crippen molar-refractivity contribution in [2.75, 3.05) is 44.7 Å². The Labute approximate surface area is 204 Å². The average molecular weight is 485 g/mol. The molecule has 0 radical (unpaired) electrons. The molecule has 4 rings (SSSR count). The molecule has 33 heavy (non-hydrogen) atoms. The first-order chi connectivity index (χ1) is 16.0. The molecule has 1 aliphatic heterocycles. The predicted molar refractivity (Wildman–Crippen MR) is 139 cm³/mol. The Morgan fingerprint density at radius 3 is 2.79 bits per heavy atom. The minimum Gasteiger partial charge on any atom is -0.379 e. The third kappa shape index (κ3) is 6.32. The first-order valence-corrected chi connectivity index (χ1v) is 12.1. The molecule has 3 aromatic rings. The highest BCUT2D eigenvalue weighted by Gasteiger charge is 2.17. The summed E-state index contributed by atoms with van der Waals surface area (Å²) in [6, 6.07) is 15.6. The van der Waals surface area contributed by atoms with E-state index in [-0.39, 0.29) is 5.56 Å². The number of H-pyrrole nitrogens is 1. The van der Waals surface area contributed by atoms with Crippen LogP contribution in [-0.4, -0.2) is 59.3 Å². The summed E-state index contributed by atoms with van der Waals surface area (Å²) < 4.78 is 5.46. The number of aryl methyl sites for hydroxylation is 1. The molecule has 174 valence electrons. The van der Waals surface area contributed by atoms with Crippen LogP contribution in [0.25, 0.3) is 10.9 Å². The molecule has 6 nitrogen and oxygen atoms in total. The third-order valence-corrected chi connectivity index (χ3v) is 6.50. The molecule has 2 heterocycles. The molecule has 0 bridgehead atoms. The molecule has 0 aliphatic carbocycles. The van der Waals surface area contributed by atoms with Gasteiger partial charge < -0.3 is 19.9 Å². The molecule has 2 N–H and O–H groups in total. The highest BCUT2D eigenvalue weighted by atomic mass is 35.5. The smallest absolute Gasteiger partial charge is 0.253 e. The molecule has 1 aliphatic rings. The zero-order chi connectivity index (χ0) is 23.2. The van der Waals surface area contributed by atoms with Gasteiger partial charge in [0.25, 0.3) is 5.56 Å². The highest BCUT2D eigenvalue weighted by molar-refractivity contribution is 7.80. The second kappa shape index (κ2) is 11.1. The van der Waals surface area contributed by atoms with E-state index in [1.54, 1.807) is 0 Å². The number of benzene rings is 2. The van der Waals surface area contributed by atoms with Crippen LogP contribution >= 0.6 is 23.8 Å². The van der Waals surface area contributed by atoms with E-state index in [1.165, 1.54) is 5.56 Å². The second-order valence-corrected chi connectivity index (χ2v) is 9.04. The van der Waals surface area contributed by atoms with E-state index in [1.807, 2.05) is 41.3 Å². The minimum atomic E-state index is -0.0892. The molecule has 0 spiro atoms. The van der Waals surface area contributed by atoms with Crippen molar-refractivity contribution >= 4 is 45.5 Å². The number of fused-ring (bicyclic) bond motifs is 1. The number of thiocarbonyl (C=S) groups is 1. The van der Waals surface area contributed by atoms with Crippen LogP contribution in [-0.2, 0) is 17.7 Å². The van der Waals surface area contributed by atoms with Gasteiger partial charge in [0.15, 0.2) is 5.11 Å². The van der Waals surface area contributed by atoms with Crippen LogP contribution in [0, 0.1) is 0 Å². The first-order valence-electron chi connectivity index (χ1n) is 11.3. The lowest BCUT2D eigenvalue weighted by atomic mass is 10.1. The van der Waals surface area contributed by atoms with Gasteiger partial charge in [-0.3, -0.25) is 9.69 Å². The Morgan fingerprint density at radius 2 is 2.03 bits per heavy atom. The summed E-state index contributed by atoms with van der Waals surface area (Å²) in [4.78, 5) is 20.3. The van der Waals surface area contributed by atoms with Crippen LogP contribution in [0.15, 0.2) is 53.3 Å². The van der Waals surface area contributed by atoms with Crippen LogP contribution in [0.3, 0.4) is 0 Å². The van der Waals surface area contributed by atoms with Crippen LogP contribution < -0.4 is 10.9 Å². The molecular weight excluding hydrogens is 456 g/mol. The Hall–Kier alpha value is -2.45. The van der Waals surface area contributed by atoms with Crippen molar-refractivity contribution in [3.8, 4) is 0 Å². The lowest BCUT2D eigenvalue weighted by Gasteiger charge is -2.31. The van der Waals surface area contributed by atoms with Crippen LogP contribution in [0.4, 0.5) is 5.69 Å². The van der Waals surface area contributed by atoms with E-state index < -0.39 is 0 Å². The molecule has 1 fully saturated rings. The number of anilines is 1. The van der Waals surface area contributed by atoms with Crippen molar-refractivity contribution in [3.05, 3.63) is 75.0 Å². The SMILES string of the molecule is CCc1ccc2[nH]c(=O)c(CN(CCN3CCOCC3)C(=S)Nc3cccc(Cl)c3)cc2c1. The summed E-state index contributed by atoms with van der Waals surface area (Å²) in [5.41, 5.74) is 3.51. The number of nitrogens with zero attached hydrogens (tertiary/aromatic N) is 2. The normalized spacial score (nSPS) is 14.4.